The first-order valence-corrected chi connectivity index (χ1v) is 9.94. The van der Waals surface area contributed by atoms with E-state index in [4.69, 9.17) is 4.74 Å². The van der Waals surface area contributed by atoms with Gasteiger partial charge in [-0.05, 0) is 37.5 Å². The van der Waals surface area contributed by atoms with Crippen molar-refractivity contribution in [1.82, 2.24) is 15.5 Å². The Morgan fingerprint density at radius 2 is 1.86 bits per heavy atom. The van der Waals surface area contributed by atoms with Crippen LogP contribution in [0, 0.1) is 0 Å². The van der Waals surface area contributed by atoms with Gasteiger partial charge in [-0.2, -0.15) is 0 Å². The number of carbonyl (C=O) groups excluding carboxylic acids is 3. The van der Waals surface area contributed by atoms with E-state index in [0.717, 1.165) is 24.8 Å². The molecule has 0 bridgehead atoms. The molecule has 3 N–H and O–H groups in total. The minimum absolute atomic E-state index is 0.250. The van der Waals surface area contributed by atoms with Gasteiger partial charge in [-0.1, -0.05) is 32.4 Å². The topological polar surface area (TPSA) is 99.8 Å². The van der Waals surface area contributed by atoms with Gasteiger partial charge in [-0.15, -0.1) is 0 Å². The summed E-state index contributed by atoms with van der Waals surface area (Å²) in [6.45, 7) is 6.91. The molecule has 158 valence electrons. The number of allylic oxidation sites excluding steroid dienone is 1. The third-order valence-corrected chi connectivity index (χ3v) is 4.77. The van der Waals surface area contributed by atoms with Crippen molar-refractivity contribution in [2.45, 2.75) is 46.1 Å². The average Bonchev–Trinajstić information content (AvgIpc) is 2.71. The van der Waals surface area contributed by atoms with Crippen molar-refractivity contribution in [3.8, 4) is 0 Å². The number of nitrogens with zero attached hydrogens (tertiary/aromatic N) is 1. The molecule has 29 heavy (non-hydrogen) atoms. The van der Waals surface area contributed by atoms with E-state index in [2.05, 4.69) is 22.9 Å². The van der Waals surface area contributed by atoms with Crippen molar-refractivity contribution in [3.05, 3.63) is 41.1 Å². The SMILES string of the molecule is CCCCNC(=O)Nc1ccc(C2NC(=O)N(CCC)C(C)=C2C(=O)OC)cc1. The summed E-state index contributed by atoms with van der Waals surface area (Å²) in [6.07, 6.45) is 2.70. The summed E-state index contributed by atoms with van der Waals surface area (Å²) < 4.78 is 4.96. The van der Waals surface area contributed by atoms with Gasteiger partial charge in [0.1, 0.15) is 0 Å². The van der Waals surface area contributed by atoms with Gasteiger partial charge in [0.25, 0.3) is 0 Å². The number of urea groups is 2. The van der Waals surface area contributed by atoms with E-state index in [1.54, 1.807) is 36.1 Å². The van der Waals surface area contributed by atoms with Crippen LogP contribution in [0.5, 0.6) is 0 Å². The lowest BCUT2D eigenvalue weighted by Crippen LogP contribution is -2.48. The maximum Gasteiger partial charge on any atom is 0.337 e. The van der Waals surface area contributed by atoms with Crippen LogP contribution in [0.15, 0.2) is 35.5 Å². The second kappa shape index (κ2) is 10.5. The van der Waals surface area contributed by atoms with Crippen LogP contribution in [0.25, 0.3) is 0 Å². The number of amides is 4. The van der Waals surface area contributed by atoms with Crippen molar-refractivity contribution in [1.29, 1.82) is 0 Å². The minimum Gasteiger partial charge on any atom is -0.466 e. The summed E-state index contributed by atoms with van der Waals surface area (Å²) in [5.41, 5.74) is 2.34. The number of esters is 1. The quantitative estimate of drug-likeness (QED) is 0.457. The van der Waals surface area contributed by atoms with Crippen LogP contribution in [0.2, 0.25) is 0 Å². The highest BCUT2D eigenvalue weighted by Gasteiger charge is 2.35. The second-order valence-electron chi connectivity index (χ2n) is 6.88. The second-order valence-corrected chi connectivity index (χ2v) is 6.88. The first-order valence-electron chi connectivity index (χ1n) is 9.94. The highest BCUT2D eigenvalue weighted by atomic mass is 16.5. The number of unbranched alkanes of at least 4 members (excludes halogenated alkanes) is 1. The zero-order chi connectivity index (χ0) is 21.4. The molecule has 1 unspecified atom stereocenters. The zero-order valence-electron chi connectivity index (χ0n) is 17.5. The molecule has 1 atom stereocenters. The van der Waals surface area contributed by atoms with Gasteiger partial charge >= 0.3 is 18.0 Å². The van der Waals surface area contributed by atoms with E-state index in [0.29, 0.717) is 30.0 Å². The Kier molecular flexibility index (Phi) is 8.06. The maximum absolute atomic E-state index is 12.5. The highest BCUT2D eigenvalue weighted by molar-refractivity contribution is 5.95. The predicted octanol–water partition coefficient (Wildman–Crippen LogP) is 3.53. The van der Waals surface area contributed by atoms with Crippen LogP contribution in [-0.4, -0.2) is 43.1 Å². The van der Waals surface area contributed by atoms with Crippen molar-refractivity contribution in [2.24, 2.45) is 0 Å². The fourth-order valence-corrected chi connectivity index (χ4v) is 3.21. The summed E-state index contributed by atoms with van der Waals surface area (Å²) in [6, 6.07) is 5.90. The summed E-state index contributed by atoms with van der Waals surface area (Å²) in [5, 5.41) is 8.44. The first-order chi connectivity index (χ1) is 13.9. The maximum atomic E-state index is 12.5. The van der Waals surface area contributed by atoms with Crippen LogP contribution in [0.3, 0.4) is 0 Å². The monoisotopic (exact) mass is 402 g/mol. The summed E-state index contributed by atoms with van der Waals surface area (Å²) >= 11 is 0. The van der Waals surface area contributed by atoms with E-state index in [1.807, 2.05) is 6.92 Å². The molecule has 0 radical (unpaired) electrons. The Labute approximate surface area is 171 Å². The van der Waals surface area contributed by atoms with Gasteiger partial charge in [-0.3, -0.25) is 4.90 Å². The lowest BCUT2D eigenvalue weighted by Gasteiger charge is -2.35. The van der Waals surface area contributed by atoms with Crippen LogP contribution < -0.4 is 16.0 Å². The zero-order valence-corrected chi connectivity index (χ0v) is 17.5. The van der Waals surface area contributed by atoms with E-state index in [1.165, 1.54) is 7.11 Å². The Balaban J connectivity index is 2.22. The van der Waals surface area contributed by atoms with Crippen molar-refractivity contribution in [3.63, 3.8) is 0 Å². The van der Waals surface area contributed by atoms with Gasteiger partial charge in [0, 0.05) is 24.5 Å². The van der Waals surface area contributed by atoms with E-state index in [-0.39, 0.29) is 12.1 Å². The molecule has 1 aliphatic rings. The molecule has 8 nitrogen and oxygen atoms in total. The Hall–Kier alpha value is -3.03. The van der Waals surface area contributed by atoms with Crippen LogP contribution in [0.4, 0.5) is 15.3 Å². The standard InChI is InChI=1S/C21H30N4O4/c1-5-7-12-22-20(27)23-16-10-8-15(9-11-16)18-17(19(26)29-4)14(3)25(13-6-2)21(28)24-18/h8-11,18H,5-7,12-13H2,1-4H3,(H,24,28)(H2,22,23,27). The molecule has 2 rings (SSSR count). The smallest absolute Gasteiger partial charge is 0.337 e. The summed E-state index contributed by atoms with van der Waals surface area (Å²) in [7, 11) is 1.32. The average molecular weight is 402 g/mol. The molecule has 0 saturated carbocycles. The van der Waals surface area contributed by atoms with E-state index < -0.39 is 12.0 Å². The molecule has 0 saturated heterocycles. The molecule has 4 amide bonds. The molecular weight excluding hydrogens is 372 g/mol. The third kappa shape index (κ3) is 5.49. The summed E-state index contributed by atoms with van der Waals surface area (Å²) in [4.78, 5) is 38.4. The van der Waals surface area contributed by atoms with Gasteiger partial charge in [0.05, 0.1) is 18.7 Å². The molecule has 0 spiro atoms. The third-order valence-electron chi connectivity index (χ3n) is 4.77. The van der Waals surface area contributed by atoms with Crippen LogP contribution in [0.1, 0.15) is 51.6 Å². The number of hydrogen-bond donors (Lipinski definition) is 3. The van der Waals surface area contributed by atoms with Crippen molar-refractivity contribution < 1.29 is 19.1 Å². The lowest BCUT2D eigenvalue weighted by molar-refractivity contribution is -0.136. The van der Waals surface area contributed by atoms with E-state index >= 15 is 0 Å². The number of anilines is 1. The van der Waals surface area contributed by atoms with E-state index in [9.17, 15) is 14.4 Å². The number of hydrogen-bond acceptors (Lipinski definition) is 4. The van der Waals surface area contributed by atoms with Gasteiger partial charge in [0.2, 0.25) is 0 Å². The highest BCUT2D eigenvalue weighted by Crippen LogP contribution is 2.31. The molecular formula is C21H30N4O4. The normalized spacial score (nSPS) is 16.3. The fourth-order valence-electron chi connectivity index (χ4n) is 3.21. The molecule has 0 fully saturated rings. The van der Waals surface area contributed by atoms with Gasteiger partial charge < -0.3 is 20.7 Å². The molecule has 0 aromatic heterocycles. The number of methoxy groups -OCH3 is 1. The Bertz CT molecular complexity index is 773. The van der Waals surface area contributed by atoms with Crippen LogP contribution in [-0.2, 0) is 9.53 Å². The Morgan fingerprint density at radius 3 is 2.45 bits per heavy atom. The number of ether oxygens (including phenoxy) is 1. The largest absolute Gasteiger partial charge is 0.466 e. The minimum atomic E-state index is -0.615. The van der Waals surface area contributed by atoms with Crippen molar-refractivity contribution >= 4 is 23.7 Å². The molecule has 1 aliphatic heterocycles. The molecule has 1 heterocycles. The first kappa shape index (κ1) is 22.3. The molecule has 0 aliphatic carbocycles. The molecule has 8 heteroatoms. The van der Waals surface area contributed by atoms with Crippen molar-refractivity contribution in [2.75, 3.05) is 25.5 Å². The van der Waals surface area contributed by atoms with Gasteiger partial charge in [-0.25, -0.2) is 14.4 Å². The molecule has 1 aromatic carbocycles. The molecule has 1 aromatic rings. The number of nitrogens with one attached hydrogen (secondary N) is 3. The van der Waals surface area contributed by atoms with Crippen LogP contribution >= 0.6 is 0 Å². The summed E-state index contributed by atoms with van der Waals surface area (Å²) in [5.74, 6) is -0.480. The number of carbonyl (C=O) groups is 3. The predicted molar refractivity (Wildman–Crippen MR) is 111 cm³/mol. The van der Waals surface area contributed by atoms with Gasteiger partial charge in [0.15, 0.2) is 0 Å². The number of rotatable bonds is 8. The lowest BCUT2D eigenvalue weighted by atomic mass is 9.94. The fraction of sp³-hybridized carbons (Fsp3) is 0.476. The Morgan fingerprint density at radius 1 is 1.17 bits per heavy atom. The number of benzene rings is 1.